The maximum atomic E-state index is 14.0. The van der Waals surface area contributed by atoms with Gasteiger partial charge in [-0.05, 0) is 24.3 Å². The number of hydrogen-bond acceptors (Lipinski definition) is 6. The summed E-state index contributed by atoms with van der Waals surface area (Å²) in [5.41, 5.74) is 0.452. The van der Waals surface area contributed by atoms with Crippen LogP contribution in [0.3, 0.4) is 0 Å². The van der Waals surface area contributed by atoms with Crippen molar-refractivity contribution < 1.29 is 18.0 Å². The highest BCUT2D eigenvalue weighted by Gasteiger charge is 2.24. The number of benzene rings is 1. The molecule has 0 aliphatic carbocycles. The van der Waals surface area contributed by atoms with E-state index in [4.69, 9.17) is 20.4 Å². The molecule has 0 atom stereocenters. The first-order valence-corrected chi connectivity index (χ1v) is 9.44. The summed E-state index contributed by atoms with van der Waals surface area (Å²) in [6.07, 6.45) is 1.44. The van der Waals surface area contributed by atoms with Crippen LogP contribution in [0, 0.1) is 5.82 Å². The van der Waals surface area contributed by atoms with Crippen molar-refractivity contribution in [2.75, 3.05) is 26.2 Å². The van der Waals surface area contributed by atoms with E-state index in [0.29, 0.717) is 49.1 Å². The third kappa shape index (κ3) is 4.25. The molecule has 0 radical (unpaired) electrons. The number of rotatable bonds is 5. The minimum Gasteiger partial charge on any atom is -0.459 e. The van der Waals surface area contributed by atoms with Crippen molar-refractivity contribution in [3.05, 3.63) is 63.5 Å². The molecule has 8 nitrogen and oxygen atoms in total. The number of carbonyl (C=O) groups is 1. The van der Waals surface area contributed by atoms with Crippen molar-refractivity contribution in [3.63, 3.8) is 0 Å². The van der Waals surface area contributed by atoms with Gasteiger partial charge in [-0.2, -0.15) is 4.68 Å². The lowest BCUT2D eigenvalue weighted by molar-refractivity contribution is -0.134. The number of amides is 1. The van der Waals surface area contributed by atoms with Crippen molar-refractivity contribution in [1.82, 2.24) is 19.6 Å². The van der Waals surface area contributed by atoms with Crippen molar-refractivity contribution in [3.8, 4) is 11.7 Å². The molecule has 1 fully saturated rings. The summed E-state index contributed by atoms with van der Waals surface area (Å²) in [5, 5.41) is 4.40. The van der Waals surface area contributed by atoms with Crippen LogP contribution in [0.2, 0.25) is 5.02 Å². The second kappa shape index (κ2) is 8.22. The Morgan fingerprint density at radius 1 is 1.17 bits per heavy atom. The quantitative estimate of drug-likeness (QED) is 0.629. The fraction of sp³-hybridized carbons (Fsp3) is 0.316. The van der Waals surface area contributed by atoms with Crippen molar-refractivity contribution >= 4 is 17.5 Å². The Labute approximate surface area is 170 Å². The summed E-state index contributed by atoms with van der Waals surface area (Å²) in [7, 11) is 0. The van der Waals surface area contributed by atoms with Crippen LogP contribution < -0.4 is 5.76 Å². The fourth-order valence-corrected chi connectivity index (χ4v) is 3.42. The number of carbonyl (C=O) groups excluding carboxylic acids is 1. The normalized spacial score (nSPS) is 15.0. The van der Waals surface area contributed by atoms with E-state index in [1.807, 2.05) is 4.90 Å². The SMILES string of the molecule is O=C(Cn1nc(-c2ccco2)oc1=O)N1CCN(Cc2c(F)cccc2Cl)CC1. The van der Waals surface area contributed by atoms with E-state index < -0.39 is 5.76 Å². The van der Waals surface area contributed by atoms with Gasteiger partial charge >= 0.3 is 5.76 Å². The van der Waals surface area contributed by atoms with Gasteiger partial charge in [0, 0.05) is 43.3 Å². The molecule has 0 N–H and O–H groups in total. The molecule has 0 bridgehead atoms. The van der Waals surface area contributed by atoms with E-state index in [0.717, 1.165) is 4.68 Å². The molecule has 3 aromatic rings. The number of piperazine rings is 1. The first kappa shape index (κ1) is 19.4. The van der Waals surface area contributed by atoms with Crippen LogP contribution in [0.5, 0.6) is 0 Å². The Morgan fingerprint density at radius 2 is 1.97 bits per heavy atom. The van der Waals surface area contributed by atoms with Gasteiger partial charge in [-0.3, -0.25) is 9.69 Å². The topological polar surface area (TPSA) is 84.7 Å². The fourth-order valence-electron chi connectivity index (χ4n) is 3.20. The smallest absolute Gasteiger partial charge is 0.437 e. The van der Waals surface area contributed by atoms with Gasteiger partial charge in [0.15, 0.2) is 5.76 Å². The van der Waals surface area contributed by atoms with E-state index in [2.05, 4.69) is 5.10 Å². The van der Waals surface area contributed by atoms with Crippen LogP contribution in [0.15, 0.2) is 50.2 Å². The summed E-state index contributed by atoms with van der Waals surface area (Å²) < 4.78 is 25.1. The van der Waals surface area contributed by atoms with Crippen LogP contribution in [0.1, 0.15) is 5.56 Å². The van der Waals surface area contributed by atoms with Crippen molar-refractivity contribution in [2.24, 2.45) is 0 Å². The van der Waals surface area contributed by atoms with Crippen LogP contribution in [0.25, 0.3) is 11.7 Å². The Bertz CT molecular complexity index is 1030. The summed E-state index contributed by atoms with van der Waals surface area (Å²) in [6.45, 7) is 2.22. The van der Waals surface area contributed by atoms with E-state index in [1.54, 1.807) is 29.2 Å². The van der Waals surface area contributed by atoms with Crippen LogP contribution >= 0.6 is 11.6 Å². The maximum Gasteiger partial charge on any atom is 0.437 e. The highest BCUT2D eigenvalue weighted by molar-refractivity contribution is 6.31. The lowest BCUT2D eigenvalue weighted by Crippen LogP contribution is -2.49. The third-order valence-electron chi connectivity index (χ3n) is 4.79. The molecule has 3 heterocycles. The average molecular weight is 421 g/mol. The molecule has 0 unspecified atom stereocenters. The summed E-state index contributed by atoms with van der Waals surface area (Å²) in [4.78, 5) is 28.2. The molecule has 152 valence electrons. The monoisotopic (exact) mass is 420 g/mol. The standard InChI is InChI=1S/C19H18ClFN4O4/c20-14-3-1-4-15(21)13(14)11-23-6-8-24(9-7-23)17(26)12-25-19(27)29-18(22-25)16-5-2-10-28-16/h1-5,10H,6-9,11-12H2. The molecule has 1 aliphatic rings. The molecular weight excluding hydrogens is 403 g/mol. The lowest BCUT2D eigenvalue weighted by atomic mass is 10.2. The van der Waals surface area contributed by atoms with E-state index in [9.17, 15) is 14.0 Å². The summed E-state index contributed by atoms with van der Waals surface area (Å²) >= 11 is 6.09. The minimum atomic E-state index is -0.724. The number of halogens is 2. The molecule has 29 heavy (non-hydrogen) atoms. The van der Waals surface area contributed by atoms with Gasteiger partial charge in [-0.25, -0.2) is 9.18 Å². The Morgan fingerprint density at radius 3 is 2.66 bits per heavy atom. The zero-order chi connectivity index (χ0) is 20.4. The second-order valence-corrected chi connectivity index (χ2v) is 7.07. The molecule has 1 amide bonds. The molecule has 1 aliphatic heterocycles. The molecule has 1 saturated heterocycles. The second-order valence-electron chi connectivity index (χ2n) is 6.67. The highest BCUT2D eigenvalue weighted by atomic mass is 35.5. The Kier molecular flexibility index (Phi) is 5.50. The molecular formula is C19H18ClFN4O4. The number of hydrogen-bond donors (Lipinski definition) is 0. The first-order valence-electron chi connectivity index (χ1n) is 9.06. The van der Waals surface area contributed by atoms with Gasteiger partial charge in [0.1, 0.15) is 12.4 Å². The van der Waals surface area contributed by atoms with Crippen LogP contribution in [-0.2, 0) is 17.9 Å². The molecule has 4 rings (SSSR count). The number of furan rings is 1. The summed E-state index contributed by atoms with van der Waals surface area (Å²) in [6, 6.07) is 7.87. The zero-order valence-electron chi connectivity index (χ0n) is 15.4. The molecule has 0 saturated carbocycles. The van der Waals surface area contributed by atoms with Gasteiger partial charge in [-0.15, -0.1) is 5.10 Å². The van der Waals surface area contributed by atoms with Crippen LogP contribution in [-0.4, -0.2) is 51.7 Å². The lowest BCUT2D eigenvalue weighted by Gasteiger charge is -2.34. The Balaban J connectivity index is 1.34. The summed E-state index contributed by atoms with van der Waals surface area (Å²) in [5.74, 6) is -0.963. The van der Waals surface area contributed by atoms with E-state index in [1.165, 1.54) is 12.3 Å². The Hall–Kier alpha value is -2.91. The van der Waals surface area contributed by atoms with Crippen molar-refractivity contribution in [1.29, 1.82) is 0 Å². The first-order chi connectivity index (χ1) is 14.0. The molecule has 0 spiro atoms. The van der Waals surface area contributed by atoms with Gasteiger partial charge in [0.05, 0.1) is 6.26 Å². The third-order valence-corrected chi connectivity index (χ3v) is 5.15. The molecule has 1 aromatic carbocycles. The molecule has 2 aromatic heterocycles. The van der Waals surface area contributed by atoms with E-state index >= 15 is 0 Å². The van der Waals surface area contributed by atoms with Gasteiger partial charge < -0.3 is 13.7 Å². The zero-order valence-corrected chi connectivity index (χ0v) is 16.1. The largest absolute Gasteiger partial charge is 0.459 e. The predicted octanol–water partition coefficient (Wildman–Crippen LogP) is 2.23. The van der Waals surface area contributed by atoms with E-state index in [-0.39, 0.29) is 24.2 Å². The number of nitrogens with zero attached hydrogens (tertiary/aromatic N) is 4. The maximum absolute atomic E-state index is 14.0. The van der Waals surface area contributed by atoms with Crippen molar-refractivity contribution in [2.45, 2.75) is 13.1 Å². The van der Waals surface area contributed by atoms with Gasteiger partial charge in [0.2, 0.25) is 5.91 Å². The minimum absolute atomic E-state index is 0.0272. The highest BCUT2D eigenvalue weighted by Crippen LogP contribution is 2.21. The molecule has 10 heteroatoms. The van der Waals surface area contributed by atoms with Gasteiger partial charge in [-0.1, -0.05) is 17.7 Å². The predicted molar refractivity (Wildman–Crippen MR) is 102 cm³/mol. The van der Waals surface area contributed by atoms with Crippen LogP contribution in [0.4, 0.5) is 4.39 Å². The number of aromatic nitrogens is 2. The average Bonchev–Trinajstić information content (AvgIpc) is 3.36. The van der Waals surface area contributed by atoms with Gasteiger partial charge in [0.25, 0.3) is 5.89 Å².